The van der Waals surface area contributed by atoms with E-state index in [1.165, 1.54) is 122 Å². The minimum atomic E-state index is -1.03. The summed E-state index contributed by atoms with van der Waals surface area (Å²) in [5, 5.41) is 11.1. The van der Waals surface area contributed by atoms with Crippen molar-refractivity contribution in [2.75, 3.05) is 6.54 Å². The number of hydrogen-bond acceptors (Lipinski definition) is 4. The van der Waals surface area contributed by atoms with E-state index in [-0.39, 0.29) is 24.5 Å². The summed E-state index contributed by atoms with van der Waals surface area (Å²) in [7, 11) is 0. The summed E-state index contributed by atoms with van der Waals surface area (Å²) < 4.78 is 5.93. The molecule has 0 aromatic rings. The summed E-state index contributed by atoms with van der Waals surface area (Å²) in [6.45, 7) is 4.10. The van der Waals surface area contributed by atoms with Gasteiger partial charge < -0.3 is 15.2 Å². The van der Waals surface area contributed by atoms with Crippen molar-refractivity contribution < 1.29 is 24.2 Å². The fourth-order valence-electron chi connectivity index (χ4n) is 6.71. The predicted molar refractivity (Wildman–Crippen MR) is 240 cm³/mol. The Morgan fingerprint density at radius 3 is 1.43 bits per heavy atom. The first-order valence-corrected chi connectivity index (χ1v) is 23.4. The predicted octanol–water partition coefficient (Wildman–Crippen LogP) is 14.8. The third-order valence-corrected chi connectivity index (χ3v) is 10.2. The zero-order valence-electron chi connectivity index (χ0n) is 36.5. The number of allylic oxidation sites excluding steroid dienone is 9. The number of hydrogen-bond donors (Lipinski definition) is 2. The number of aliphatic carboxylic acids is 1. The molecule has 0 fully saturated rings. The van der Waals surface area contributed by atoms with Gasteiger partial charge in [0.25, 0.3) is 0 Å². The molecule has 0 aromatic carbocycles. The van der Waals surface area contributed by atoms with Crippen molar-refractivity contribution in [1.82, 2.24) is 5.32 Å². The summed E-state index contributed by atoms with van der Waals surface area (Å²) in [5.41, 5.74) is 0. The molecule has 0 saturated carbocycles. The highest BCUT2D eigenvalue weighted by molar-refractivity contribution is 5.80. The van der Waals surface area contributed by atoms with Gasteiger partial charge in [-0.25, -0.2) is 0 Å². The Balaban J connectivity index is 4.10. The van der Waals surface area contributed by atoms with Crippen LogP contribution >= 0.6 is 0 Å². The molecule has 0 aromatic heterocycles. The largest absolute Gasteiger partial charge is 0.480 e. The summed E-state index contributed by atoms with van der Waals surface area (Å²) in [4.78, 5) is 35.0. The molecule has 0 aliphatic heterocycles. The zero-order valence-corrected chi connectivity index (χ0v) is 36.5. The van der Waals surface area contributed by atoms with Gasteiger partial charge in [-0.3, -0.25) is 14.4 Å². The van der Waals surface area contributed by atoms with Crippen molar-refractivity contribution in [2.45, 2.75) is 232 Å². The molecule has 0 heterocycles. The highest BCUT2D eigenvalue weighted by atomic mass is 16.5. The third-order valence-electron chi connectivity index (χ3n) is 10.2. The maximum absolute atomic E-state index is 12.7. The third kappa shape index (κ3) is 43.8. The van der Waals surface area contributed by atoms with Gasteiger partial charge in [0.1, 0.15) is 12.6 Å². The Bertz CT molecular complexity index is 1040. The number of carboxylic acids is 1. The monoisotopic (exact) mass is 782 g/mol. The van der Waals surface area contributed by atoms with Crippen LogP contribution in [0.2, 0.25) is 0 Å². The van der Waals surface area contributed by atoms with Crippen molar-refractivity contribution in [1.29, 1.82) is 0 Å². The number of esters is 1. The average Bonchev–Trinajstić information content (AvgIpc) is 3.18. The van der Waals surface area contributed by atoms with E-state index in [9.17, 15) is 14.4 Å². The molecule has 2 N–H and O–H groups in total. The summed E-state index contributed by atoms with van der Waals surface area (Å²) in [6, 6.07) is 0. The van der Waals surface area contributed by atoms with Crippen LogP contribution in [0.25, 0.3) is 0 Å². The summed E-state index contributed by atoms with van der Waals surface area (Å²) in [5.74, 6) is -1.33. The van der Waals surface area contributed by atoms with Crippen molar-refractivity contribution in [2.24, 2.45) is 0 Å². The Morgan fingerprint density at radius 1 is 0.500 bits per heavy atom. The van der Waals surface area contributed by atoms with E-state index >= 15 is 0 Å². The fraction of sp³-hybridized carbons (Fsp3) is 0.740. The van der Waals surface area contributed by atoms with E-state index in [0.717, 1.165) is 77.0 Å². The minimum Gasteiger partial charge on any atom is -0.480 e. The SMILES string of the molecule is CC/C=C\C/C=C\C/C=C\C/C=C\C(CCCCCCCC(=O)NCC(=O)O)OC(=O)CCCCCCCCCCCCC/C=C\CCCCCCCCCC. The van der Waals surface area contributed by atoms with E-state index in [0.29, 0.717) is 12.8 Å². The molecular weight excluding hydrogens is 695 g/mol. The molecule has 0 spiro atoms. The second-order valence-electron chi connectivity index (χ2n) is 15.6. The lowest BCUT2D eigenvalue weighted by Crippen LogP contribution is -2.28. The molecule has 0 bridgehead atoms. The number of ether oxygens (including phenoxy) is 1. The van der Waals surface area contributed by atoms with Crippen LogP contribution in [-0.4, -0.2) is 35.6 Å². The molecule has 0 aliphatic rings. The smallest absolute Gasteiger partial charge is 0.322 e. The second kappa shape index (κ2) is 44.8. The van der Waals surface area contributed by atoms with Gasteiger partial charge in [0.2, 0.25) is 5.91 Å². The molecule has 56 heavy (non-hydrogen) atoms. The lowest BCUT2D eigenvalue weighted by molar-refractivity contribution is -0.147. The van der Waals surface area contributed by atoms with E-state index in [1.54, 1.807) is 0 Å². The zero-order chi connectivity index (χ0) is 40.8. The first-order chi connectivity index (χ1) is 27.5. The highest BCUT2D eigenvalue weighted by Gasteiger charge is 2.11. The Kier molecular flexibility index (Phi) is 42.5. The minimum absolute atomic E-state index is 0.0937. The molecule has 0 rings (SSSR count). The van der Waals surface area contributed by atoms with Crippen molar-refractivity contribution in [3.8, 4) is 0 Å². The van der Waals surface area contributed by atoms with E-state index in [4.69, 9.17) is 9.84 Å². The number of carbonyl (C=O) groups excluding carboxylic acids is 2. The van der Waals surface area contributed by atoms with Crippen LogP contribution in [0.3, 0.4) is 0 Å². The quantitative estimate of drug-likeness (QED) is 0.0365. The van der Waals surface area contributed by atoms with Crippen LogP contribution in [0.15, 0.2) is 60.8 Å². The van der Waals surface area contributed by atoms with Gasteiger partial charge in [0.05, 0.1) is 0 Å². The lowest BCUT2D eigenvalue weighted by Gasteiger charge is -2.14. The van der Waals surface area contributed by atoms with Crippen molar-refractivity contribution >= 4 is 17.8 Å². The highest BCUT2D eigenvalue weighted by Crippen LogP contribution is 2.16. The fourth-order valence-corrected chi connectivity index (χ4v) is 6.71. The number of amides is 1. The second-order valence-corrected chi connectivity index (χ2v) is 15.6. The van der Waals surface area contributed by atoms with Gasteiger partial charge in [0.15, 0.2) is 0 Å². The lowest BCUT2D eigenvalue weighted by atomic mass is 10.0. The molecule has 1 atom stereocenters. The number of unbranched alkanes of at least 4 members (excludes halogenated alkanes) is 23. The van der Waals surface area contributed by atoms with Crippen LogP contribution in [0.4, 0.5) is 0 Å². The van der Waals surface area contributed by atoms with Crippen LogP contribution in [-0.2, 0) is 19.1 Å². The van der Waals surface area contributed by atoms with E-state index in [1.807, 2.05) is 0 Å². The molecular formula is C50H87NO5. The standard InChI is InChI=1S/C50H87NO5/c1-3-5-7-9-11-13-15-16-17-18-19-20-21-22-23-24-25-26-28-30-32-37-41-45-50(55)56-47(42-38-34-31-29-27-14-12-10-8-6-4-2)43-39-35-33-36-40-44-48(52)51-46-49(53)54/h6,8,12,14,18-19,29,31,38,42,47H,3-5,7,9-11,13,15-17,20-28,30,32-37,39-41,43-46H2,1-2H3,(H,51,52)(H,53,54)/b8-6-,14-12-,19-18-,31-29-,42-38-. The Morgan fingerprint density at radius 2 is 0.929 bits per heavy atom. The normalized spacial score (nSPS) is 12.6. The van der Waals surface area contributed by atoms with E-state index in [2.05, 4.69) is 79.9 Å². The maximum Gasteiger partial charge on any atom is 0.322 e. The molecule has 1 amide bonds. The van der Waals surface area contributed by atoms with Crippen LogP contribution in [0.5, 0.6) is 0 Å². The van der Waals surface area contributed by atoms with Gasteiger partial charge in [-0.15, -0.1) is 0 Å². The van der Waals surface area contributed by atoms with Gasteiger partial charge in [0, 0.05) is 12.8 Å². The Hall–Kier alpha value is -2.89. The molecule has 0 saturated heterocycles. The number of carbonyl (C=O) groups is 3. The van der Waals surface area contributed by atoms with Crippen molar-refractivity contribution in [3.63, 3.8) is 0 Å². The maximum atomic E-state index is 12.7. The molecule has 6 heteroatoms. The number of rotatable bonds is 42. The topological polar surface area (TPSA) is 92.7 Å². The van der Waals surface area contributed by atoms with Gasteiger partial charge in [-0.1, -0.05) is 191 Å². The molecule has 322 valence electrons. The molecule has 0 aliphatic carbocycles. The van der Waals surface area contributed by atoms with Gasteiger partial charge in [-0.2, -0.15) is 0 Å². The summed E-state index contributed by atoms with van der Waals surface area (Å²) in [6.07, 6.45) is 59.5. The summed E-state index contributed by atoms with van der Waals surface area (Å²) >= 11 is 0. The van der Waals surface area contributed by atoms with Crippen molar-refractivity contribution in [3.05, 3.63) is 60.8 Å². The van der Waals surface area contributed by atoms with Crippen LogP contribution < -0.4 is 5.32 Å². The number of carboxylic acid groups (broad SMARTS) is 1. The first kappa shape index (κ1) is 53.1. The van der Waals surface area contributed by atoms with E-state index < -0.39 is 5.97 Å². The first-order valence-electron chi connectivity index (χ1n) is 23.4. The number of nitrogens with one attached hydrogen (secondary N) is 1. The molecule has 6 nitrogen and oxygen atoms in total. The average molecular weight is 782 g/mol. The Labute approximate surface area is 345 Å². The van der Waals surface area contributed by atoms with Gasteiger partial charge >= 0.3 is 11.9 Å². The van der Waals surface area contributed by atoms with Gasteiger partial charge in [-0.05, 0) is 83.1 Å². The van der Waals surface area contributed by atoms with Crippen LogP contribution in [0, 0.1) is 0 Å². The van der Waals surface area contributed by atoms with Crippen LogP contribution in [0.1, 0.15) is 226 Å². The molecule has 1 unspecified atom stereocenters. The molecule has 0 radical (unpaired) electrons.